The van der Waals surface area contributed by atoms with Crippen LogP contribution in [-0.2, 0) is 0 Å². The monoisotopic (exact) mass is 224 g/mol. The van der Waals surface area contributed by atoms with Crippen molar-refractivity contribution in [2.45, 2.75) is 50.4 Å². The van der Waals surface area contributed by atoms with Gasteiger partial charge in [-0.1, -0.05) is 63.6 Å². The van der Waals surface area contributed by atoms with Crippen molar-refractivity contribution in [1.29, 1.82) is 0 Å². The average molecular weight is 224 g/mol. The molecule has 0 spiro atoms. The van der Waals surface area contributed by atoms with Crippen LogP contribution in [0.15, 0.2) is 24.3 Å². The van der Waals surface area contributed by atoms with Gasteiger partial charge in [-0.3, -0.25) is 0 Å². The maximum absolute atomic E-state index is 2.49. The molecule has 0 saturated carbocycles. The second kappa shape index (κ2) is 3.82. The maximum Gasteiger partial charge on any atom is 0.0517 e. The molecule has 0 heterocycles. The second-order valence-electron chi connectivity index (χ2n) is 6.55. The first-order valence-corrected chi connectivity index (χ1v) is 12.7. The minimum atomic E-state index is -1.03. The third-order valence-electron chi connectivity index (χ3n) is 3.13. The van der Waals surface area contributed by atoms with Crippen molar-refractivity contribution >= 4 is 16.1 Å². The Labute approximate surface area is 91.1 Å². The highest BCUT2D eigenvalue weighted by Gasteiger charge is 2.38. The fourth-order valence-corrected chi connectivity index (χ4v) is 9.02. The van der Waals surface area contributed by atoms with Gasteiger partial charge in [0.05, 0.1) is 16.1 Å². The third-order valence-corrected chi connectivity index (χ3v) is 8.57. The minimum absolute atomic E-state index is 0.860. The molecule has 0 N–H and O–H groups in total. The summed E-state index contributed by atoms with van der Waals surface area (Å²) in [7, 11) is -2.07. The average Bonchev–Trinajstić information content (AvgIpc) is 2.01. The fraction of sp³-hybridized carbons (Fsp3) is 0.667. The van der Waals surface area contributed by atoms with E-state index in [1.807, 2.05) is 0 Å². The Hall–Kier alpha value is -0.0862. The third kappa shape index (κ3) is 2.70. The van der Waals surface area contributed by atoms with Crippen LogP contribution in [-0.4, -0.2) is 16.1 Å². The molecule has 14 heavy (non-hydrogen) atoms. The van der Waals surface area contributed by atoms with Crippen molar-refractivity contribution in [2.75, 3.05) is 0 Å². The van der Waals surface area contributed by atoms with Crippen LogP contribution in [0.4, 0.5) is 0 Å². The molecule has 0 nitrogen and oxygen atoms in total. The van der Waals surface area contributed by atoms with E-state index in [1.165, 1.54) is 0 Å². The summed E-state index contributed by atoms with van der Waals surface area (Å²) in [6.07, 6.45) is 9.43. The van der Waals surface area contributed by atoms with Gasteiger partial charge >= 0.3 is 0 Å². The van der Waals surface area contributed by atoms with Crippen LogP contribution in [0.5, 0.6) is 0 Å². The molecule has 0 aromatic heterocycles. The van der Waals surface area contributed by atoms with E-state index in [0.29, 0.717) is 0 Å². The Kier molecular flexibility index (Phi) is 3.27. The van der Waals surface area contributed by atoms with Gasteiger partial charge in [-0.15, -0.1) is 0 Å². The van der Waals surface area contributed by atoms with Crippen molar-refractivity contribution in [3.8, 4) is 0 Å². The summed E-state index contributed by atoms with van der Waals surface area (Å²) < 4.78 is 0. The lowest BCUT2D eigenvalue weighted by Gasteiger charge is -2.40. The first-order valence-electron chi connectivity index (χ1n) is 5.58. The standard InChI is InChI=1S/C12H24Si2/c1-13(2,3)11-9-7-8-10-12(11)14(4,5)6/h7-12H,1-6H3. The van der Waals surface area contributed by atoms with Crippen molar-refractivity contribution in [3.05, 3.63) is 24.3 Å². The fourth-order valence-electron chi connectivity index (χ4n) is 2.26. The van der Waals surface area contributed by atoms with Gasteiger partial charge < -0.3 is 0 Å². The molecule has 2 atom stereocenters. The van der Waals surface area contributed by atoms with Crippen LogP contribution >= 0.6 is 0 Å². The molecule has 0 aromatic rings. The lowest BCUT2D eigenvalue weighted by Crippen LogP contribution is -2.39. The summed E-state index contributed by atoms with van der Waals surface area (Å²) in [6.45, 7) is 15.0. The highest BCUT2D eigenvalue weighted by Crippen LogP contribution is 2.44. The van der Waals surface area contributed by atoms with E-state index >= 15 is 0 Å². The molecule has 0 radical (unpaired) electrons. The molecule has 0 aromatic carbocycles. The van der Waals surface area contributed by atoms with Crippen LogP contribution in [0.2, 0.25) is 50.4 Å². The van der Waals surface area contributed by atoms with Gasteiger partial charge in [-0.05, 0) is 11.1 Å². The summed E-state index contributed by atoms with van der Waals surface area (Å²) in [4.78, 5) is 0. The predicted octanol–water partition coefficient (Wildman–Crippen LogP) is 4.53. The van der Waals surface area contributed by atoms with E-state index in [2.05, 4.69) is 63.6 Å². The van der Waals surface area contributed by atoms with E-state index in [0.717, 1.165) is 11.1 Å². The first-order chi connectivity index (χ1) is 6.23. The number of rotatable bonds is 2. The van der Waals surface area contributed by atoms with Crippen molar-refractivity contribution in [3.63, 3.8) is 0 Å². The second-order valence-corrected chi connectivity index (χ2v) is 17.4. The lowest BCUT2D eigenvalue weighted by atomic mass is 10.2. The Morgan fingerprint density at radius 2 is 0.929 bits per heavy atom. The molecule has 0 fully saturated rings. The molecule has 0 aliphatic heterocycles. The number of allylic oxidation sites excluding steroid dienone is 4. The Morgan fingerprint density at radius 3 is 1.14 bits per heavy atom. The van der Waals surface area contributed by atoms with Gasteiger partial charge in [0.2, 0.25) is 0 Å². The Morgan fingerprint density at radius 1 is 0.643 bits per heavy atom. The molecule has 0 saturated heterocycles. The molecule has 1 aliphatic carbocycles. The molecule has 0 bridgehead atoms. The summed E-state index contributed by atoms with van der Waals surface area (Å²) in [6, 6.07) is 0. The highest BCUT2D eigenvalue weighted by atomic mass is 28.3. The van der Waals surface area contributed by atoms with Gasteiger partial charge in [0, 0.05) is 0 Å². The zero-order valence-electron chi connectivity index (χ0n) is 10.5. The summed E-state index contributed by atoms with van der Waals surface area (Å²) in [5.74, 6) is 0. The van der Waals surface area contributed by atoms with Crippen molar-refractivity contribution in [2.24, 2.45) is 0 Å². The molecule has 2 unspecified atom stereocenters. The van der Waals surface area contributed by atoms with E-state index in [1.54, 1.807) is 0 Å². The normalized spacial score (nSPS) is 28.1. The van der Waals surface area contributed by atoms with Gasteiger partial charge in [-0.25, -0.2) is 0 Å². The highest BCUT2D eigenvalue weighted by molar-refractivity contribution is 6.84. The molecular formula is C12H24Si2. The zero-order chi connectivity index (χ0) is 11.0. The SMILES string of the molecule is C[Si](C)(C)C1C=CC=CC1[Si](C)(C)C. The molecular weight excluding hydrogens is 200 g/mol. The summed E-state index contributed by atoms with van der Waals surface area (Å²) in [5, 5.41) is 0. The van der Waals surface area contributed by atoms with Crippen molar-refractivity contribution in [1.82, 2.24) is 0 Å². The summed E-state index contributed by atoms with van der Waals surface area (Å²) in [5.41, 5.74) is 1.72. The zero-order valence-corrected chi connectivity index (χ0v) is 12.5. The van der Waals surface area contributed by atoms with Crippen LogP contribution < -0.4 is 0 Å². The van der Waals surface area contributed by atoms with Gasteiger partial charge in [0.1, 0.15) is 0 Å². The molecule has 1 aliphatic rings. The number of hydrogen-bond acceptors (Lipinski definition) is 0. The quantitative estimate of drug-likeness (QED) is 0.605. The summed E-state index contributed by atoms with van der Waals surface area (Å²) >= 11 is 0. The van der Waals surface area contributed by atoms with E-state index < -0.39 is 16.1 Å². The molecule has 0 amide bonds. The smallest absolute Gasteiger partial charge is 0.0517 e. The van der Waals surface area contributed by atoms with Crippen LogP contribution in [0.25, 0.3) is 0 Å². The maximum atomic E-state index is 2.49. The Bertz CT molecular complexity index is 222. The van der Waals surface area contributed by atoms with Gasteiger partial charge in [0.15, 0.2) is 0 Å². The van der Waals surface area contributed by atoms with E-state index in [-0.39, 0.29) is 0 Å². The topological polar surface area (TPSA) is 0 Å². The Balaban J connectivity index is 2.94. The minimum Gasteiger partial charge on any atom is -0.0838 e. The largest absolute Gasteiger partial charge is 0.0838 e. The van der Waals surface area contributed by atoms with E-state index in [9.17, 15) is 0 Å². The van der Waals surface area contributed by atoms with Gasteiger partial charge in [0.25, 0.3) is 0 Å². The van der Waals surface area contributed by atoms with Gasteiger partial charge in [-0.2, -0.15) is 0 Å². The predicted molar refractivity (Wildman–Crippen MR) is 72.5 cm³/mol. The van der Waals surface area contributed by atoms with Crippen LogP contribution in [0, 0.1) is 0 Å². The number of hydrogen-bond donors (Lipinski definition) is 0. The molecule has 80 valence electrons. The van der Waals surface area contributed by atoms with Crippen LogP contribution in [0.3, 0.4) is 0 Å². The lowest BCUT2D eigenvalue weighted by molar-refractivity contribution is 0.932. The molecule has 1 rings (SSSR count). The van der Waals surface area contributed by atoms with Crippen molar-refractivity contribution < 1.29 is 0 Å². The van der Waals surface area contributed by atoms with E-state index in [4.69, 9.17) is 0 Å². The first kappa shape index (κ1) is 12.0. The van der Waals surface area contributed by atoms with Crippen LogP contribution in [0.1, 0.15) is 0 Å². The molecule has 2 heteroatoms.